The van der Waals surface area contributed by atoms with Gasteiger partial charge in [0.2, 0.25) is 0 Å². The summed E-state index contributed by atoms with van der Waals surface area (Å²) in [7, 11) is 0. The van der Waals surface area contributed by atoms with Crippen LogP contribution in [0.4, 0.5) is 10.7 Å². The lowest BCUT2D eigenvalue weighted by Crippen LogP contribution is -2.30. The number of carbonyl (C=O) groups is 3. The highest BCUT2D eigenvalue weighted by Crippen LogP contribution is 2.42. The molecule has 0 radical (unpaired) electrons. The summed E-state index contributed by atoms with van der Waals surface area (Å²) < 4.78 is 10.6. The molecule has 0 bridgehead atoms. The maximum absolute atomic E-state index is 12.9. The minimum atomic E-state index is -1.06. The molecule has 2 unspecified atom stereocenters. The number of anilines is 2. The molecular weight excluding hydrogens is 464 g/mol. The molecule has 0 spiro atoms. The van der Waals surface area contributed by atoms with Crippen LogP contribution in [0.15, 0.2) is 54.6 Å². The van der Waals surface area contributed by atoms with Crippen molar-refractivity contribution in [3.8, 4) is 0 Å². The van der Waals surface area contributed by atoms with Gasteiger partial charge in [-0.3, -0.25) is 4.79 Å². The van der Waals surface area contributed by atoms with Crippen LogP contribution in [0, 0.1) is 0 Å². The Labute approximate surface area is 208 Å². The Kier molecular flexibility index (Phi) is 7.51. The van der Waals surface area contributed by atoms with Crippen molar-refractivity contribution in [1.82, 2.24) is 0 Å². The number of rotatable bonds is 7. The lowest BCUT2D eigenvalue weighted by molar-refractivity contribution is -0.123. The zero-order chi connectivity index (χ0) is 24.9. The van der Waals surface area contributed by atoms with Gasteiger partial charge in [0.1, 0.15) is 5.00 Å². The van der Waals surface area contributed by atoms with E-state index in [9.17, 15) is 14.4 Å². The van der Waals surface area contributed by atoms with Crippen molar-refractivity contribution in [3.63, 3.8) is 0 Å². The van der Waals surface area contributed by atoms with E-state index in [-0.39, 0.29) is 6.61 Å². The smallest absolute Gasteiger partial charge is 0.341 e. The fourth-order valence-corrected chi connectivity index (χ4v) is 5.54. The first-order valence-corrected chi connectivity index (χ1v) is 12.4. The lowest BCUT2D eigenvalue weighted by Gasteiger charge is -2.23. The second-order valence-corrected chi connectivity index (χ2v) is 9.54. The van der Waals surface area contributed by atoms with Crippen molar-refractivity contribution in [3.05, 3.63) is 81.7 Å². The first-order valence-electron chi connectivity index (χ1n) is 11.6. The van der Waals surface area contributed by atoms with Gasteiger partial charge in [-0.2, -0.15) is 0 Å². The molecule has 2 aromatic carbocycles. The number of nitrogens with one attached hydrogen (secondary N) is 1. The zero-order valence-electron chi connectivity index (χ0n) is 19.7. The topological polar surface area (TPSA) is 108 Å². The molecule has 1 amide bonds. The summed E-state index contributed by atoms with van der Waals surface area (Å²) in [5.41, 5.74) is 9.07. The molecule has 0 saturated carbocycles. The Balaban J connectivity index is 1.52. The Morgan fingerprint density at radius 2 is 1.80 bits per heavy atom. The van der Waals surface area contributed by atoms with Crippen LogP contribution in [0.5, 0.6) is 0 Å². The number of thiophene rings is 1. The molecule has 1 aromatic heterocycles. The number of nitrogen functional groups attached to an aromatic ring is 1. The Morgan fingerprint density at radius 3 is 2.49 bits per heavy atom. The third-order valence-electron chi connectivity index (χ3n) is 6.05. The fourth-order valence-electron chi connectivity index (χ4n) is 4.22. The fraction of sp³-hybridized carbons (Fsp3) is 0.296. The number of ether oxygens (including phenoxy) is 2. The number of benzene rings is 2. The lowest BCUT2D eigenvalue weighted by atomic mass is 9.83. The third kappa shape index (κ3) is 5.54. The van der Waals surface area contributed by atoms with Crippen LogP contribution in [0.2, 0.25) is 0 Å². The second-order valence-electron chi connectivity index (χ2n) is 8.44. The highest BCUT2D eigenvalue weighted by Gasteiger charge is 2.31. The van der Waals surface area contributed by atoms with Crippen molar-refractivity contribution >= 4 is 39.9 Å². The number of nitrogens with two attached hydrogens (primary N) is 1. The molecule has 1 aliphatic rings. The molecule has 8 heteroatoms. The van der Waals surface area contributed by atoms with Gasteiger partial charge < -0.3 is 20.5 Å². The molecule has 35 heavy (non-hydrogen) atoms. The SMILES string of the molecule is CCOC(=O)c1c(NC(=O)C(C)OC(=O)c2ccc(N)cc2)sc2c1CCC(c1ccccc1)C2. The minimum Gasteiger partial charge on any atom is -0.462 e. The van der Waals surface area contributed by atoms with Crippen LogP contribution in [0.25, 0.3) is 0 Å². The average Bonchev–Trinajstić information content (AvgIpc) is 3.22. The van der Waals surface area contributed by atoms with Gasteiger partial charge in [-0.15, -0.1) is 11.3 Å². The summed E-state index contributed by atoms with van der Waals surface area (Å²) in [4.78, 5) is 39.2. The predicted molar refractivity (Wildman–Crippen MR) is 136 cm³/mol. The van der Waals surface area contributed by atoms with E-state index < -0.39 is 23.9 Å². The Morgan fingerprint density at radius 1 is 1.09 bits per heavy atom. The van der Waals surface area contributed by atoms with E-state index in [1.165, 1.54) is 36.0 Å². The van der Waals surface area contributed by atoms with Crippen molar-refractivity contribution in [2.45, 2.75) is 45.1 Å². The summed E-state index contributed by atoms with van der Waals surface area (Å²) >= 11 is 1.39. The van der Waals surface area contributed by atoms with E-state index in [1.807, 2.05) is 18.2 Å². The van der Waals surface area contributed by atoms with Crippen LogP contribution < -0.4 is 11.1 Å². The first-order chi connectivity index (χ1) is 16.9. The van der Waals surface area contributed by atoms with Gasteiger partial charge in [-0.1, -0.05) is 30.3 Å². The van der Waals surface area contributed by atoms with E-state index >= 15 is 0 Å². The Bertz CT molecular complexity index is 1220. The number of fused-ring (bicyclic) bond motifs is 1. The molecule has 4 rings (SSSR count). The van der Waals surface area contributed by atoms with Crippen molar-refractivity contribution in [2.24, 2.45) is 0 Å². The number of esters is 2. The molecule has 1 heterocycles. The quantitative estimate of drug-likeness (QED) is 0.356. The minimum absolute atomic E-state index is 0.235. The average molecular weight is 493 g/mol. The third-order valence-corrected chi connectivity index (χ3v) is 7.22. The summed E-state index contributed by atoms with van der Waals surface area (Å²) in [5, 5.41) is 3.24. The standard InChI is InChI=1S/C27H28N2O5S/c1-3-33-27(32)23-21-14-11-19(17-7-5-4-6-8-17)15-22(21)35-25(23)29-24(30)16(2)34-26(31)18-9-12-20(28)13-10-18/h4-10,12-13,16,19H,3,11,14-15,28H2,1-2H3,(H,29,30). The molecular formula is C27H28N2O5S. The summed E-state index contributed by atoms with van der Waals surface area (Å²) in [5.74, 6) is -1.25. The normalized spacial score (nSPS) is 15.5. The van der Waals surface area contributed by atoms with E-state index in [1.54, 1.807) is 19.1 Å². The van der Waals surface area contributed by atoms with Gasteiger partial charge in [0.05, 0.1) is 17.7 Å². The monoisotopic (exact) mass is 492 g/mol. The summed E-state index contributed by atoms with van der Waals surface area (Å²) in [6.07, 6.45) is 1.35. The highest BCUT2D eigenvalue weighted by atomic mass is 32.1. The highest BCUT2D eigenvalue weighted by molar-refractivity contribution is 7.17. The predicted octanol–water partition coefficient (Wildman–Crippen LogP) is 4.96. The zero-order valence-corrected chi connectivity index (χ0v) is 20.5. The summed E-state index contributed by atoms with van der Waals surface area (Å²) in [6.45, 7) is 3.48. The molecule has 0 saturated heterocycles. The van der Waals surface area contributed by atoms with Gasteiger partial charge in [0.25, 0.3) is 5.91 Å². The molecule has 0 fully saturated rings. The van der Waals surface area contributed by atoms with Gasteiger partial charge in [-0.05, 0) is 74.4 Å². The molecule has 1 aliphatic carbocycles. The van der Waals surface area contributed by atoms with E-state index in [0.717, 1.165) is 29.7 Å². The molecule has 182 valence electrons. The number of amides is 1. The number of carbonyl (C=O) groups excluding carboxylic acids is 3. The molecule has 2 atom stereocenters. The van der Waals surface area contributed by atoms with Crippen molar-refractivity contribution < 1.29 is 23.9 Å². The maximum Gasteiger partial charge on any atom is 0.341 e. The largest absolute Gasteiger partial charge is 0.462 e. The van der Waals surface area contributed by atoms with Crippen molar-refractivity contribution in [2.75, 3.05) is 17.7 Å². The molecule has 7 nitrogen and oxygen atoms in total. The van der Waals surface area contributed by atoms with Gasteiger partial charge in [0.15, 0.2) is 6.10 Å². The van der Waals surface area contributed by atoms with E-state index in [0.29, 0.717) is 27.7 Å². The number of hydrogen-bond acceptors (Lipinski definition) is 7. The van der Waals surface area contributed by atoms with Crippen LogP contribution in [-0.2, 0) is 27.1 Å². The molecule has 0 aliphatic heterocycles. The molecule has 3 N–H and O–H groups in total. The second kappa shape index (κ2) is 10.7. The molecule has 3 aromatic rings. The number of hydrogen-bond donors (Lipinski definition) is 2. The maximum atomic E-state index is 12.9. The van der Waals surface area contributed by atoms with Crippen LogP contribution >= 0.6 is 11.3 Å². The van der Waals surface area contributed by atoms with Crippen LogP contribution in [0.1, 0.15) is 62.9 Å². The van der Waals surface area contributed by atoms with Gasteiger partial charge in [0, 0.05) is 10.6 Å². The van der Waals surface area contributed by atoms with Gasteiger partial charge >= 0.3 is 11.9 Å². The Hall–Kier alpha value is -3.65. The van der Waals surface area contributed by atoms with Crippen LogP contribution in [0.3, 0.4) is 0 Å². The van der Waals surface area contributed by atoms with E-state index in [4.69, 9.17) is 15.2 Å². The van der Waals surface area contributed by atoms with Gasteiger partial charge in [-0.25, -0.2) is 9.59 Å². The van der Waals surface area contributed by atoms with Crippen molar-refractivity contribution in [1.29, 1.82) is 0 Å². The first kappa shape index (κ1) is 24.5. The summed E-state index contributed by atoms with van der Waals surface area (Å²) in [6, 6.07) is 16.6. The van der Waals surface area contributed by atoms with Crippen LogP contribution in [-0.4, -0.2) is 30.6 Å². The van der Waals surface area contributed by atoms with E-state index in [2.05, 4.69) is 17.4 Å².